The number of nitrogens with one attached hydrogen (secondary N) is 1. The Morgan fingerprint density at radius 1 is 1.73 bits per heavy atom. The third-order valence-electron chi connectivity index (χ3n) is 1.27. The lowest BCUT2D eigenvalue weighted by Gasteiger charge is -1.95. The summed E-state index contributed by atoms with van der Waals surface area (Å²) < 4.78 is 1.47. The van der Waals surface area contributed by atoms with Crippen molar-refractivity contribution in [1.82, 2.24) is 9.78 Å². The molecular weight excluding hydrogens is 166 g/mol. The number of nitrogens with two attached hydrogens (primary N) is 2. The van der Waals surface area contributed by atoms with E-state index in [2.05, 4.69) is 5.10 Å². The Morgan fingerprint density at radius 3 is 2.45 bits per heavy atom. The van der Waals surface area contributed by atoms with Crippen LogP contribution in [0.5, 0.6) is 0 Å². The Bertz CT molecular complexity index is 266. The summed E-state index contributed by atoms with van der Waals surface area (Å²) in [6.45, 7) is 0. The van der Waals surface area contributed by atoms with Crippen molar-refractivity contribution in [3.8, 4) is 0 Å². The van der Waals surface area contributed by atoms with Gasteiger partial charge in [0.15, 0.2) is 0 Å². The van der Waals surface area contributed by atoms with Gasteiger partial charge < -0.3 is 11.5 Å². The van der Waals surface area contributed by atoms with E-state index >= 15 is 0 Å². The molecule has 0 amide bonds. The van der Waals surface area contributed by atoms with Gasteiger partial charge >= 0.3 is 0 Å². The molecule has 0 bridgehead atoms. The highest BCUT2D eigenvalue weighted by Gasteiger charge is 2.05. The standard InChI is InChI=1S/C5H9N5.ClH/c1-10-5(8)3(2-9-10)4(6)7;/h2H,8H2,1H3,(H3,6,7);1H. The number of nitrogen functional groups attached to an aromatic ring is 2. The van der Waals surface area contributed by atoms with Crippen LogP contribution in [0.2, 0.25) is 0 Å². The summed E-state index contributed by atoms with van der Waals surface area (Å²) in [5, 5.41) is 10.8. The molecule has 0 saturated carbocycles. The van der Waals surface area contributed by atoms with Crippen molar-refractivity contribution in [2.75, 3.05) is 5.73 Å². The van der Waals surface area contributed by atoms with Crippen LogP contribution in [-0.4, -0.2) is 15.6 Å². The second kappa shape index (κ2) is 3.25. The molecule has 6 heteroatoms. The Morgan fingerprint density at radius 2 is 2.27 bits per heavy atom. The molecule has 1 aromatic rings. The van der Waals surface area contributed by atoms with Crippen molar-refractivity contribution in [2.24, 2.45) is 12.8 Å². The molecule has 1 heterocycles. The molecular formula is C5H10ClN5. The third-order valence-corrected chi connectivity index (χ3v) is 1.27. The van der Waals surface area contributed by atoms with E-state index in [1.165, 1.54) is 10.9 Å². The summed E-state index contributed by atoms with van der Waals surface area (Å²) in [4.78, 5) is 0. The molecule has 11 heavy (non-hydrogen) atoms. The van der Waals surface area contributed by atoms with Gasteiger partial charge in [-0.25, -0.2) is 0 Å². The van der Waals surface area contributed by atoms with Gasteiger partial charge in [0.2, 0.25) is 0 Å². The lowest BCUT2D eigenvalue weighted by atomic mass is 10.3. The minimum Gasteiger partial charge on any atom is -0.384 e. The lowest BCUT2D eigenvalue weighted by Crippen LogP contribution is -2.13. The van der Waals surface area contributed by atoms with Gasteiger partial charge in [0.25, 0.3) is 0 Å². The number of hydrogen-bond donors (Lipinski definition) is 3. The van der Waals surface area contributed by atoms with E-state index in [1.807, 2.05) is 0 Å². The van der Waals surface area contributed by atoms with E-state index in [4.69, 9.17) is 16.9 Å². The van der Waals surface area contributed by atoms with Crippen LogP contribution in [-0.2, 0) is 7.05 Å². The largest absolute Gasteiger partial charge is 0.384 e. The normalized spacial score (nSPS) is 8.82. The predicted octanol–water partition coefficient (Wildman–Crippen LogP) is -0.292. The van der Waals surface area contributed by atoms with Crippen LogP contribution in [0.25, 0.3) is 0 Å². The number of hydrogen-bond acceptors (Lipinski definition) is 3. The van der Waals surface area contributed by atoms with Gasteiger partial charge in [0.1, 0.15) is 11.7 Å². The SMILES string of the molecule is Cl.Cn1ncc(C(=N)N)c1N. The highest BCUT2D eigenvalue weighted by Crippen LogP contribution is 2.06. The molecule has 1 aromatic heterocycles. The minimum atomic E-state index is -0.0504. The zero-order valence-electron chi connectivity index (χ0n) is 6.03. The first-order valence-electron chi connectivity index (χ1n) is 2.75. The zero-order valence-corrected chi connectivity index (χ0v) is 6.85. The fraction of sp³-hybridized carbons (Fsp3) is 0.200. The first-order valence-corrected chi connectivity index (χ1v) is 2.75. The number of amidine groups is 1. The Hall–Kier alpha value is -1.23. The summed E-state index contributed by atoms with van der Waals surface area (Å²) in [5.41, 5.74) is 11.1. The molecule has 0 radical (unpaired) electrons. The second-order valence-electron chi connectivity index (χ2n) is 1.98. The highest BCUT2D eigenvalue weighted by atomic mass is 35.5. The van der Waals surface area contributed by atoms with E-state index in [1.54, 1.807) is 7.05 Å². The molecule has 0 fully saturated rings. The summed E-state index contributed by atoms with van der Waals surface area (Å²) in [7, 11) is 1.70. The number of aromatic nitrogens is 2. The fourth-order valence-corrected chi connectivity index (χ4v) is 0.655. The van der Waals surface area contributed by atoms with Crippen LogP contribution in [0.15, 0.2) is 6.20 Å². The smallest absolute Gasteiger partial charge is 0.132 e. The molecule has 0 aromatic carbocycles. The number of halogens is 1. The van der Waals surface area contributed by atoms with Crippen LogP contribution in [0.1, 0.15) is 5.56 Å². The second-order valence-corrected chi connectivity index (χ2v) is 1.98. The Kier molecular flexibility index (Phi) is 2.88. The zero-order chi connectivity index (χ0) is 7.72. The first kappa shape index (κ1) is 9.77. The molecule has 0 aliphatic rings. The molecule has 0 spiro atoms. The highest BCUT2D eigenvalue weighted by molar-refractivity contribution is 5.98. The van der Waals surface area contributed by atoms with Gasteiger partial charge in [-0.2, -0.15) is 5.10 Å². The molecule has 0 aliphatic carbocycles. The van der Waals surface area contributed by atoms with Crippen LogP contribution in [0.4, 0.5) is 5.82 Å². The van der Waals surface area contributed by atoms with Crippen molar-refractivity contribution < 1.29 is 0 Å². The third kappa shape index (κ3) is 1.62. The van der Waals surface area contributed by atoms with E-state index in [0.29, 0.717) is 11.4 Å². The van der Waals surface area contributed by atoms with E-state index in [9.17, 15) is 0 Å². The van der Waals surface area contributed by atoms with Gasteiger partial charge in [-0.05, 0) is 0 Å². The number of nitrogens with zero attached hydrogens (tertiary/aromatic N) is 2. The summed E-state index contributed by atoms with van der Waals surface area (Å²) in [6, 6.07) is 0. The Labute approximate surface area is 70.3 Å². The maximum absolute atomic E-state index is 7.03. The van der Waals surface area contributed by atoms with E-state index in [-0.39, 0.29) is 18.2 Å². The van der Waals surface area contributed by atoms with Crippen LogP contribution < -0.4 is 11.5 Å². The molecule has 0 aliphatic heterocycles. The van der Waals surface area contributed by atoms with Gasteiger partial charge in [-0.3, -0.25) is 10.1 Å². The van der Waals surface area contributed by atoms with Crippen LogP contribution in [0, 0.1) is 5.41 Å². The van der Waals surface area contributed by atoms with Crippen molar-refractivity contribution in [1.29, 1.82) is 5.41 Å². The molecule has 62 valence electrons. The monoisotopic (exact) mass is 175 g/mol. The number of rotatable bonds is 1. The van der Waals surface area contributed by atoms with E-state index < -0.39 is 0 Å². The number of aryl methyl sites for hydroxylation is 1. The van der Waals surface area contributed by atoms with Gasteiger partial charge in [0.05, 0.1) is 11.8 Å². The van der Waals surface area contributed by atoms with Gasteiger partial charge in [-0.15, -0.1) is 12.4 Å². The topological polar surface area (TPSA) is 93.7 Å². The van der Waals surface area contributed by atoms with Crippen molar-refractivity contribution >= 4 is 24.1 Å². The quantitative estimate of drug-likeness (QED) is 0.404. The Balaban J connectivity index is 0.000001000. The summed E-state index contributed by atoms with van der Waals surface area (Å²) in [5.74, 6) is 0.373. The van der Waals surface area contributed by atoms with Crippen molar-refractivity contribution in [3.63, 3.8) is 0 Å². The summed E-state index contributed by atoms with van der Waals surface area (Å²) in [6.07, 6.45) is 1.47. The average Bonchev–Trinajstić information content (AvgIpc) is 2.14. The van der Waals surface area contributed by atoms with Gasteiger partial charge in [0, 0.05) is 7.05 Å². The fourth-order valence-electron chi connectivity index (χ4n) is 0.655. The average molecular weight is 176 g/mol. The molecule has 5 nitrogen and oxygen atoms in total. The lowest BCUT2D eigenvalue weighted by molar-refractivity contribution is 0.779. The maximum atomic E-state index is 7.03. The maximum Gasteiger partial charge on any atom is 0.132 e. The molecule has 0 saturated heterocycles. The molecule has 0 unspecified atom stereocenters. The number of anilines is 1. The van der Waals surface area contributed by atoms with Crippen molar-refractivity contribution in [2.45, 2.75) is 0 Å². The molecule has 5 N–H and O–H groups in total. The minimum absolute atomic E-state index is 0. The van der Waals surface area contributed by atoms with E-state index in [0.717, 1.165) is 0 Å². The molecule has 1 rings (SSSR count). The van der Waals surface area contributed by atoms with Crippen molar-refractivity contribution in [3.05, 3.63) is 11.8 Å². The van der Waals surface area contributed by atoms with Gasteiger partial charge in [-0.1, -0.05) is 0 Å². The predicted molar refractivity (Wildman–Crippen MR) is 45.9 cm³/mol. The first-order chi connectivity index (χ1) is 4.63. The van der Waals surface area contributed by atoms with Crippen LogP contribution in [0.3, 0.4) is 0 Å². The van der Waals surface area contributed by atoms with Crippen LogP contribution >= 0.6 is 12.4 Å². The summed E-state index contributed by atoms with van der Waals surface area (Å²) >= 11 is 0. The molecule has 0 atom stereocenters.